The molecular formula is C11H18N4O. The molecule has 1 aliphatic rings. The number of hydrogen-bond acceptors (Lipinski definition) is 5. The van der Waals surface area contributed by atoms with Crippen molar-refractivity contribution in [3.8, 4) is 5.75 Å². The van der Waals surface area contributed by atoms with E-state index in [0.29, 0.717) is 17.6 Å². The molecule has 2 heterocycles. The zero-order chi connectivity index (χ0) is 11.5. The molecule has 5 heteroatoms. The second kappa shape index (κ2) is 4.55. The van der Waals surface area contributed by atoms with Gasteiger partial charge in [-0.05, 0) is 26.2 Å². The number of hydrogen-bond donors (Lipinski definition) is 1. The fourth-order valence-corrected chi connectivity index (χ4v) is 2.19. The van der Waals surface area contributed by atoms with Crippen molar-refractivity contribution in [2.45, 2.75) is 32.2 Å². The van der Waals surface area contributed by atoms with Crippen LogP contribution in [-0.2, 0) is 0 Å². The Labute approximate surface area is 95.6 Å². The van der Waals surface area contributed by atoms with Crippen molar-refractivity contribution in [2.75, 3.05) is 24.3 Å². The van der Waals surface area contributed by atoms with Crippen LogP contribution < -0.4 is 15.4 Å². The third kappa shape index (κ3) is 1.89. The lowest BCUT2D eigenvalue weighted by Gasteiger charge is -2.35. The molecular weight excluding hydrogens is 204 g/mol. The van der Waals surface area contributed by atoms with Gasteiger partial charge in [-0.25, -0.2) is 9.97 Å². The summed E-state index contributed by atoms with van der Waals surface area (Å²) in [6, 6.07) is 0.483. The van der Waals surface area contributed by atoms with Crippen molar-refractivity contribution in [3.63, 3.8) is 0 Å². The number of nitrogens with zero attached hydrogens (tertiary/aromatic N) is 3. The van der Waals surface area contributed by atoms with Crippen molar-refractivity contribution < 1.29 is 4.74 Å². The maximum Gasteiger partial charge on any atom is 0.204 e. The quantitative estimate of drug-likeness (QED) is 0.820. The lowest BCUT2D eigenvalue weighted by atomic mass is 10.0. The van der Waals surface area contributed by atoms with Crippen LogP contribution >= 0.6 is 0 Å². The van der Waals surface area contributed by atoms with Crippen molar-refractivity contribution in [1.29, 1.82) is 0 Å². The molecule has 5 nitrogen and oxygen atoms in total. The van der Waals surface area contributed by atoms with Gasteiger partial charge >= 0.3 is 0 Å². The predicted octanol–water partition coefficient (Wildman–Crippen LogP) is 1.45. The van der Waals surface area contributed by atoms with Crippen molar-refractivity contribution in [2.24, 2.45) is 0 Å². The van der Waals surface area contributed by atoms with E-state index in [1.807, 2.05) is 0 Å². The Morgan fingerprint density at radius 1 is 1.44 bits per heavy atom. The second-order valence-corrected chi connectivity index (χ2v) is 4.15. The second-order valence-electron chi connectivity index (χ2n) is 4.15. The first-order chi connectivity index (χ1) is 7.74. The minimum Gasteiger partial charge on any atom is -0.490 e. The van der Waals surface area contributed by atoms with E-state index in [4.69, 9.17) is 10.5 Å². The van der Waals surface area contributed by atoms with E-state index in [2.05, 4.69) is 21.8 Å². The molecule has 1 aromatic heterocycles. The largest absolute Gasteiger partial charge is 0.490 e. The molecule has 1 atom stereocenters. The van der Waals surface area contributed by atoms with Crippen LogP contribution in [0.4, 0.5) is 11.6 Å². The fraction of sp³-hybridized carbons (Fsp3) is 0.636. The van der Waals surface area contributed by atoms with Gasteiger partial charge in [-0.2, -0.15) is 0 Å². The number of methoxy groups -OCH3 is 1. The number of ether oxygens (including phenoxy) is 1. The molecule has 2 rings (SSSR count). The molecule has 0 bridgehead atoms. The van der Waals surface area contributed by atoms with Crippen molar-refractivity contribution in [3.05, 3.63) is 6.33 Å². The maximum atomic E-state index is 5.78. The van der Waals surface area contributed by atoms with Crippen LogP contribution in [-0.4, -0.2) is 29.7 Å². The molecule has 1 fully saturated rings. The first-order valence-corrected chi connectivity index (χ1v) is 5.65. The molecule has 1 aliphatic heterocycles. The summed E-state index contributed by atoms with van der Waals surface area (Å²) >= 11 is 0. The molecule has 0 aromatic carbocycles. The van der Waals surface area contributed by atoms with Gasteiger partial charge in [0.15, 0.2) is 11.6 Å². The molecule has 0 spiro atoms. The smallest absolute Gasteiger partial charge is 0.204 e. The van der Waals surface area contributed by atoms with Crippen LogP contribution in [0.15, 0.2) is 6.33 Å². The summed E-state index contributed by atoms with van der Waals surface area (Å²) in [4.78, 5) is 10.5. The molecule has 1 saturated heterocycles. The van der Waals surface area contributed by atoms with E-state index in [0.717, 1.165) is 12.4 Å². The zero-order valence-corrected chi connectivity index (χ0v) is 9.81. The highest BCUT2D eigenvalue weighted by molar-refractivity contribution is 5.63. The average Bonchev–Trinajstić information content (AvgIpc) is 2.29. The first kappa shape index (κ1) is 11.0. The summed E-state index contributed by atoms with van der Waals surface area (Å²) in [6.07, 6.45) is 5.15. The maximum absolute atomic E-state index is 5.78. The third-order valence-electron chi connectivity index (χ3n) is 3.09. The van der Waals surface area contributed by atoms with Crippen LogP contribution in [0.25, 0.3) is 0 Å². The lowest BCUT2D eigenvalue weighted by Crippen LogP contribution is -2.38. The van der Waals surface area contributed by atoms with Crippen LogP contribution in [0, 0.1) is 0 Å². The molecule has 0 radical (unpaired) electrons. The molecule has 88 valence electrons. The van der Waals surface area contributed by atoms with Crippen LogP contribution in [0.2, 0.25) is 0 Å². The van der Waals surface area contributed by atoms with Crippen molar-refractivity contribution >= 4 is 11.6 Å². The van der Waals surface area contributed by atoms with Gasteiger partial charge in [0.1, 0.15) is 6.33 Å². The highest BCUT2D eigenvalue weighted by atomic mass is 16.5. The Bertz CT molecular complexity index is 369. The summed E-state index contributed by atoms with van der Waals surface area (Å²) in [5.74, 6) is 1.82. The zero-order valence-electron chi connectivity index (χ0n) is 9.81. The lowest BCUT2D eigenvalue weighted by molar-refractivity contribution is 0.405. The monoisotopic (exact) mass is 222 g/mol. The van der Waals surface area contributed by atoms with E-state index in [1.54, 1.807) is 7.11 Å². The van der Waals surface area contributed by atoms with Crippen LogP contribution in [0.5, 0.6) is 5.75 Å². The molecule has 0 saturated carbocycles. The number of piperidine rings is 1. The average molecular weight is 222 g/mol. The van der Waals surface area contributed by atoms with Gasteiger partial charge in [0, 0.05) is 12.6 Å². The SMILES string of the molecule is COc1c(N)ncnc1N1CCCCC1C. The summed E-state index contributed by atoms with van der Waals surface area (Å²) < 4.78 is 5.29. The Balaban J connectivity index is 2.34. The van der Waals surface area contributed by atoms with E-state index < -0.39 is 0 Å². The molecule has 1 aromatic rings. The Morgan fingerprint density at radius 2 is 2.25 bits per heavy atom. The molecule has 16 heavy (non-hydrogen) atoms. The van der Waals surface area contributed by atoms with E-state index in [-0.39, 0.29) is 0 Å². The molecule has 2 N–H and O–H groups in total. The number of rotatable bonds is 2. The Kier molecular flexibility index (Phi) is 3.12. The van der Waals surface area contributed by atoms with Gasteiger partial charge in [-0.1, -0.05) is 0 Å². The standard InChI is InChI=1S/C11H18N4O/c1-8-5-3-4-6-15(8)11-9(16-2)10(12)13-7-14-11/h7-8H,3-6H2,1-2H3,(H2,12,13,14). The summed E-state index contributed by atoms with van der Waals surface area (Å²) in [5.41, 5.74) is 5.78. The number of nitrogen functional groups attached to an aromatic ring is 1. The fourth-order valence-electron chi connectivity index (χ4n) is 2.19. The van der Waals surface area contributed by atoms with Gasteiger partial charge < -0.3 is 15.4 Å². The van der Waals surface area contributed by atoms with E-state index in [1.165, 1.54) is 25.6 Å². The molecule has 0 aliphatic carbocycles. The minimum absolute atomic E-state index is 0.408. The summed E-state index contributed by atoms with van der Waals surface area (Å²) in [5, 5.41) is 0. The highest BCUT2D eigenvalue weighted by Gasteiger charge is 2.23. The molecule has 1 unspecified atom stereocenters. The summed E-state index contributed by atoms with van der Waals surface area (Å²) in [7, 11) is 1.60. The number of aromatic nitrogens is 2. The Morgan fingerprint density at radius 3 is 2.94 bits per heavy atom. The third-order valence-corrected chi connectivity index (χ3v) is 3.09. The van der Waals surface area contributed by atoms with E-state index in [9.17, 15) is 0 Å². The molecule has 0 amide bonds. The van der Waals surface area contributed by atoms with Crippen LogP contribution in [0.3, 0.4) is 0 Å². The summed E-state index contributed by atoms with van der Waals surface area (Å²) in [6.45, 7) is 3.21. The van der Waals surface area contributed by atoms with E-state index >= 15 is 0 Å². The van der Waals surface area contributed by atoms with Crippen LogP contribution in [0.1, 0.15) is 26.2 Å². The van der Waals surface area contributed by atoms with Crippen molar-refractivity contribution in [1.82, 2.24) is 9.97 Å². The minimum atomic E-state index is 0.408. The van der Waals surface area contributed by atoms with Gasteiger partial charge in [-0.15, -0.1) is 0 Å². The first-order valence-electron chi connectivity index (χ1n) is 5.65. The number of nitrogens with two attached hydrogens (primary N) is 1. The normalized spacial score (nSPS) is 20.9. The predicted molar refractivity (Wildman–Crippen MR) is 63.7 cm³/mol. The van der Waals surface area contributed by atoms with Gasteiger partial charge in [0.2, 0.25) is 5.75 Å². The van der Waals surface area contributed by atoms with Gasteiger partial charge in [0.25, 0.3) is 0 Å². The highest BCUT2D eigenvalue weighted by Crippen LogP contribution is 2.33. The van der Waals surface area contributed by atoms with Gasteiger partial charge in [-0.3, -0.25) is 0 Å². The number of anilines is 2. The Hall–Kier alpha value is -1.52. The van der Waals surface area contributed by atoms with Gasteiger partial charge in [0.05, 0.1) is 7.11 Å². The topological polar surface area (TPSA) is 64.3 Å².